The number of anilines is 3. The first-order valence-electron chi connectivity index (χ1n) is 21.1. The fourth-order valence-electron chi connectivity index (χ4n) is 9.31. The fraction of sp³-hybridized carbons (Fsp3) is 0.0508. The third-order valence-corrected chi connectivity index (χ3v) is 12.4. The SMILES string of the molecule is CC1C=CC(c2cccc3cccc(-c4ccccc4N(c4ccc(-c5ccc6ccccc6c5)cc4)c4ccc(-c5cccc6c5ccc5ccccc56)cc4)c23)=CC1. The molecular formula is C59H43N. The predicted molar refractivity (Wildman–Crippen MR) is 258 cm³/mol. The molecule has 1 heteroatoms. The summed E-state index contributed by atoms with van der Waals surface area (Å²) in [6, 6.07) is 75.8. The molecule has 0 aliphatic heterocycles. The van der Waals surface area contributed by atoms with Crippen molar-refractivity contribution in [2.45, 2.75) is 13.3 Å². The van der Waals surface area contributed by atoms with E-state index in [1.165, 1.54) is 87.6 Å². The van der Waals surface area contributed by atoms with Gasteiger partial charge in [0.2, 0.25) is 0 Å². The Morgan fingerprint density at radius 1 is 0.400 bits per heavy atom. The van der Waals surface area contributed by atoms with E-state index >= 15 is 0 Å². The molecule has 0 aromatic heterocycles. The summed E-state index contributed by atoms with van der Waals surface area (Å²) in [6.07, 6.45) is 8.12. The maximum Gasteiger partial charge on any atom is 0.0540 e. The summed E-state index contributed by atoms with van der Waals surface area (Å²) in [7, 11) is 0. The van der Waals surface area contributed by atoms with E-state index in [0.29, 0.717) is 5.92 Å². The summed E-state index contributed by atoms with van der Waals surface area (Å²) in [5.41, 5.74) is 13.2. The summed E-state index contributed by atoms with van der Waals surface area (Å²) in [5, 5.41) is 10.1. The Hall–Kier alpha value is -7.48. The maximum atomic E-state index is 2.43. The second-order valence-electron chi connectivity index (χ2n) is 16.1. The Balaban J connectivity index is 1.07. The standard InChI is InChI=1S/C59H43N/c1-40-23-25-45(26-24-40)53-19-8-14-46-15-9-21-57(59(46)53)56-17-6-7-22-58(56)60(49-34-29-42(30-35-49)48-28-27-41-11-2-3-13-47(41)39-48)50-36-31-44(32-37-50)52-18-10-20-54-51-16-5-4-12-43(51)33-38-55(52)54/h2-23,25-40H,24H2,1H3. The Morgan fingerprint density at radius 3 is 1.77 bits per heavy atom. The highest BCUT2D eigenvalue weighted by Gasteiger charge is 2.21. The van der Waals surface area contributed by atoms with Gasteiger partial charge in [-0.25, -0.2) is 0 Å². The number of hydrogen-bond acceptors (Lipinski definition) is 1. The summed E-state index contributed by atoms with van der Waals surface area (Å²) in [4.78, 5) is 2.43. The minimum absolute atomic E-state index is 0.553. The number of para-hydroxylation sites is 1. The molecule has 0 saturated carbocycles. The van der Waals surface area contributed by atoms with Gasteiger partial charge in [0.05, 0.1) is 5.69 Å². The smallest absolute Gasteiger partial charge is 0.0540 e. The summed E-state index contributed by atoms with van der Waals surface area (Å²) >= 11 is 0. The van der Waals surface area contributed by atoms with Crippen LogP contribution in [0.5, 0.6) is 0 Å². The second kappa shape index (κ2) is 15.0. The Bertz CT molecular complexity index is 3290. The maximum absolute atomic E-state index is 2.43. The van der Waals surface area contributed by atoms with Gasteiger partial charge in [-0.05, 0) is 131 Å². The second-order valence-corrected chi connectivity index (χ2v) is 16.1. The van der Waals surface area contributed by atoms with Crippen LogP contribution in [0.1, 0.15) is 18.9 Å². The summed E-state index contributed by atoms with van der Waals surface area (Å²) < 4.78 is 0. The zero-order valence-electron chi connectivity index (χ0n) is 33.6. The van der Waals surface area contributed by atoms with Crippen molar-refractivity contribution in [2.75, 3.05) is 4.90 Å². The van der Waals surface area contributed by atoms with Gasteiger partial charge in [0, 0.05) is 16.9 Å². The summed E-state index contributed by atoms with van der Waals surface area (Å²) in [5.74, 6) is 0.553. The van der Waals surface area contributed by atoms with Crippen molar-refractivity contribution in [3.8, 4) is 33.4 Å². The highest BCUT2D eigenvalue weighted by atomic mass is 15.1. The van der Waals surface area contributed by atoms with E-state index in [9.17, 15) is 0 Å². The van der Waals surface area contributed by atoms with E-state index < -0.39 is 0 Å². The highest BCUT2D eigenvalue weighted by Crippen LogP contribution is 2.45. The van der Waals surface area contributed by atoms with Crippen molar-refractivity contribution in [1.29, 1.82) is 0 Å². The number of rotatable bonds is 7. The normalized spacial score (nSPS) is 13.9. The van der Waals surface area contributed by atoms with Gasteiger partial charge in [-0.2, -0.15) is 0 Å². The molecule has 0 radical (unpaired) electrons. The first kappa shape index (κ1) is 35.7. The molecule has 0 amide bonds. The van der Waals surface area contributed by atoms with E-state index in [0.717, 1.165) is 23.5 Å². The molecule has 10 aromatic rings. The number of fused-ring (bicyclic) bond motifs is 5. The molecule has 10 aromatic carbocycles. The van der Waals surface area contributed by atoms with Gasteiger partial charge in [0.25, 0.3) is 0 Å². The van der Waals surface area contributed by atoms with Gasteiger partial charge in [0.15, 0.2) is 0 Å². The van der Waals surface area contributed by atoms with Crippen LogP contribution in [0.2, 0.25) is 0 Å². The molecule has 1 atom stereocenters. The summed E-state index contributed by atoms with van der Waals surface area (Å²) in [6.45, 7) is 2.29. The lowest BCUT2D eigenvalue weighted by Crippen LogP contribution is -2.11. The minimum Gasteiger partial charge on any atom is -0.310 e. The molecule has 1 unspecified atom stereocenters. The molecule has 0 N–H and O–H groups in total. The number of hydrogen-bond donors (Lipinski definition) is 0. The predicted octanol–water partition coefficient (Wildman–Crippen LogP) is 16.7. The molecule has 0 bridgehead atoms. The van der Waals surface area contributed by atoms with Crippen LogP contribution in [-0.2, 0) is 0 Å². The van der Waals surface area contributed by atoms with E-state index in [1.807, 2.05) is 0 Å². The molecule has 1 nitrogen and oxygen atoms in total. The largest absolute Gasteiger partial charge is 0.310 e. The van der Waals surface area contributed by atoms with Gasteiger partial charge in [-0.15, -0.1) is 0 Å². The molecule has 60 heavy (non-hydrogen) atoms. The van der Waals surface area contributed by atoms with E-state index in [2.05, 4.69) is 236 Å². The number of benzene rings is 10. The van der Waals surface area contributed by atoms with Crippen LogP contribution in [0, 0.1) is 5.92 Å². The first-order chi connectivity index (χ1) is 29.7. The topological polar surface area (TPSA) is 3.24 Å². The van der Waals surface area contributed by atoms with Crippen LogP contribution in [0.15, 0.2) is 224 Å². The Morgan fingerprint density at radius 2 is 0.983 bits per heavy atom. The lowest BCUT2D eigenvalue weighted by Gasteiger charge is -2.29. The highest BCUT2D eigenvalue weighted by molar-refractivity contribution is 6.12. The van der Waals surface area contributed by atoms with Gasteiger partial charge >= 0.3 is 0 Å². The van der Waals surface area contributed by atoms with Crippen molar-refractivity contribution in [1.82, 2.24) is 0 Å². The Kier molecular flexibility index (Phi) is 8.94. The number of nitrogens with zero attached hydrogens (tertiary/aromatic N) is 1. The fourth-order valence-corrected chi connectivity index (χ4v) is 9.31. The third-order valence-electron chi connectivity index (χ3n) is 12.4. The van der Waals surface area contributed by atoms with Crippen LogP contribution >= 0.6 is 0 Å². The lowest BCUT2D eigenvalue weighted by atomic mass is 9.87. The third kappa shape index (κ3) is 6.36. The monoisotopic (exact) mass is 765 g/mol. The van der Waals surface area contributed by atoms with Gasteiger partial charge in [-0.1, -0.05) is 195 Å². The molecule has 11 rings (SSSR count). The molecule has 0 heterocycles. The average Bonchev–Trinajstić information content (AvgIpc) is 3.32. The van der Waals surface area contributed by atoms with Crippen molar-refractivity contribution >= 4 is 65.7 Å². The van der Waals surface area contributed by atoms with Crippen LogP contribution < -0.4 is 4.90 Å². The Labute approximate surface area is 351 Å². The quantitative estimate of drug-likeness (QED) is 0.146. The van der Waals surface area contributed by atoms with E-state index in [-0.39, 0.29) is 0 Å². The molecule has 0 fully saturated rings. The molecule has 0 saturated heterocycles. The van der Waals surface area contributed by atoms with Crippen molar-refractivity contribution in [3.63, 3.8) is 0 Å². The average molecular weight is 766 g/mol. The van der Waals surface area contributed by atoms with Gasteiger partial charge in [-0.3, -0.25) is 0 Å². The van der Waals surface area contributed by atoms with E-state index in [4.69, 9.17) is 0 Å². The van der Waals surface area contributed by atoms with E-state index in [1.54, 1.807) is 0 Å². The molecule has 284 valence electrons. The van der Waals surface area contributed by atoms with Crippen LogP contribution in [0.25, 0.3) is 82.0 Å². The van der Waals surface area contributed by atoms with Crippen LogP contribution in [0.4, 0.5) is 17.1 Å². The molecule has 0 spiro atoms. The lowest BCUT2D eigenvalue weighted by molar-refractivity contribution is 0.739. The van der Waals surface area contributed by atoms with Crippen LogP contribution in [-0.4, -0.2) is 0 Å². The zero-order valence-corrected chi connectivity index (χ0v) is 33.6. The molecular weight excluding hydrogens is 723 g/mol. The van der Waals surface area contributed by atoms with Crippen molar-refractivity contribution < 1.29 is 0 Å². The number of allylic oxidation sites excluding steroid dienone is 4. The molecule has 1 aliphatic carbocycles. The molecule has 1 aliphatic rings. The van der Waals surface area contributed by atoms with Gasteiger partial charge in [0.1, 0.15) is 0 Å². The van der Waals surface area contributed by atoms with Gasteiger partial charge < -0.3 is 4.90 Å². The first-order valence-corrected chi connectivity index (χ1v) is 21.1. The zero-order chi connectivity index (χ0) is 40.0. The van der Waals surface area contributed by atoms with Crippen LogP contribution in [0.3, 0.4) is 0 Å². The van der Waals surface area contributed by atoms with Crippen molar-refractivity contribution in [2.24, 2.45) is 5.92 Å². The van der Waals surface area contributed by atoms with Crippen molar-refractivity contribution in [3.05, 3.63) is 230 Å². The minimum atomic E-state index is 0.553.